The van der Waals surface area contributed by atoms with Crippen LogP contribution in [0.15, 0.2) is 178 Å². The van der Waals surface area contributed by atoms with Crippen LogP contribution in [0.2, 0.25) is 0 Å². The second-order valence-corrected chi connectivity index (χ2v) is 13.7. The smallest absolute Gasteiger partial charge is 0.469 e. The summed E-state index contributed by atoms with van der Waals surface area (Å²) in [6.07, 6.45) is 6.82. The van der Waals surface area contributed by atoms with Gasteiger partial charge in [0.1, 0.15) is 17.3 Å². The van der Waals surface area contributed by atoms with E-state index in [0.717, 1.165) is 50.4 Å². The average Bonchev–Trinajstić information content (AvgIpc) is 4.00. The average molecular weight is 702 g/mol. The van der Waals surface area contributed by atoms with Crippen LogP contribution in [0, 0.1) is 0 Å². The van der Waals surface area contributed by atoms with E-state index in [0.29, 0.717) is 19.3 Å². The molecule has 3 aromatic heterocycles. The molecule has 9 aromatic rings. The highest BCUT2D eigenvalue weighted by atomic mass is 16.7. The molecule has 6 aromatic carbocycles. The van der Waals surface area contributed by atoms with Crippen LogP contribution in [-0.4, -0.2) is 21.4 Å². The zero-order valence-electron chi connectivity index (χ0n) is 29.4. The van der Waals surface area contributed by atoms with E-state index < -0.39 is 21.4 Å². The molecule has 4 heterocycles. The summed E-state index contributed by atoms with van der Waals surface area (Å²) >= 11 is 0. The molecule has 10 rings (SSSR count). The maximum atomic E-state index is 6.76. The van der Waals surface area contributed by atoms with Crippen LogP contribution in [0.3, 0.4) is 0 Å². The summed E-state index contributed by atoms with van der Waals surface area (Å²) in [5.41, 5.74) is 5.88. The lowest BCUT2D eigenvalue weighted by atomic mass is 9.61. The second kappa shape index (κ2) is 14.1. The van der Waals surface area contributed by atoms with Gasteiger partial charge in [0.05, 0.1) is 18.8 Å². The summed E-state index contributed by atoms with van der Waals surface area (Å²) < 4.78 is 38.8. The number of rotatable bonds is 9. The fourth-order valence-electron chi connectivity index (χ4n) is 7.84. The maximum Gasteiger partial charge on any atom is 0.470 e. The lowest BCUT2D eigenvalue weighted by molar-refractivity contribution is 0.307. The molecule has 0 radical (unpaired) electrons. The van der Waals surface area contributed by atoms with E-state index in [1.54, 1.807) is 18.8 Å². The Morgan fingerprint density at radius 1 is 0.315 bits per heavy atom. The molecule has 0 bridgehead atoms. The monoisotopic (exact) mass is 702 g/mol. The highest BCUT2D eigenvalue weighted by Crippen LogP contribution is 2.26. The molecule has 54 heavy (non-hydrogen) atoms. The van der Waals surface area contributed by atoms with E-state index in [1.165, 1.54) is 32.3 Å². The van der Waals surface area contributed by atoms with Crippen LogP contribution in [0.25, 0.3) is 32.3 Å². The number of fused-ring (bicyclic) bond motifs is 3. The number of hydrogen-bond acceptors (Lipinski definition) is 6. The number of benzene rings is 6. The van der Waals surface area contributed by atoms with Crippen LogP contribution in [-0.2, 0) is 33.0 Å². The fourth-order valence-corrected chi connectivity index (χ4v) is 7.84. The molecular formula is C45H33B3O6. The van der Waals surface area contributed by atoms with Crippen LogP contribution < -0.4 is 16.4 Å². The molecular weight excluding hydrogens is 669 g/mol. The highest BCUT2D eigenvalue weighted by molar-refractivity contribution is 6.87. The van der Waals surface area contributed by atoms with Gasteiger partial charge in [0, 0.05) is 35.7 Å². The Bertz CT molecular complexity index is 2430. The van der Waals surface area contributed by atoms with E-state index in [4.69, 9.17) is 27.0 Å². The number of hydrogen-bond donors (Lipinski definition) is 0. The van der Waals surface area contributed by atoms with E-state index in [1.807, 2.05) is 18.2 Å². The van der Waals surface area contributed by atoms with Crippen molar-refractivity contribution in [3.8, 4) is 0 Å². The first-order valence-corrected chi connectivity index (χ1v) is 18.3. The molecule has 1 saturated heterocycles. The molecule has 0 atom stereocenters. The van der Waals surface area contributed by atoms with Gasteiger partial charge in [0.15, 0.2) is 0 Å². The predicted octanol–water partition coefficient (Wildman–Crippen LogP) is 8.25. The first kappa shape index (κ1) is 32.6. The van der Waals surface area contributed by atoms with Gasteiger partial charge in [-0.2, -0.15) is 0 Å². The van der Waals surface area contributed by atoms with Gasteiger partial charge in [-0.15, -0.1) is 0 Å². The van der Waals surface area contributed by atoms with E-state index in [9.17, 15) is 0 Å². The van der Waals surface area contributed by atoms with Gasteiger partial charge in [0.2, 0.25) is 0 Å². The van der Waals surface area contributed by atoms with E-state index in [-0.39, 0.29) is 0 Å². The molecule has 0 amide bonds. The van der Waals surface area contributed by atoms with Crippen LogP contribution in [0.4, 0.5) is 0 Å². The van der Waals surface area contributed by atoms with Crippen molar-refractivity contribution in [2.24, 2.45) is 0 Å². The fraction of sp³-hybridized carbons (Fsp3) is 0.0667. The van der Waals surface area contributed by atoms with Crippen LogP contribution in [0.5, 0.6) is 0 Å². The zero-order valence-corrected chi connectivity index (χ0v) is 29.4. The Morgan fingerprint density at radius 3 is 0.944 bits per heavy atom. The molecule has 0 saturated carbocycles. The van der Waals surface area contributed by atoms with Crippen molar-refractivity contribution in [1.82, 2.24) is 0 Å². The molecule has 0 unspecified atom stereocenters. The summed E-state index contributed by atoms with van der Waals surface area (Å²) in [4.78, 5) is 0. The van der Waals surface area contributed by atoms with Crippen molar-refractivity contribution in [3.63, 3.8) is 0 Å². The second-order valence-electron chi connectivity index (χ2n) is 13.7. The third kappa shape index (κ3) is 6.16. The first-order valence-electron chi connectivity index (χ1n) is 18.3. The first-order chi connectivity index (χ1) is 26.7. The predicted molar refractivity (Wildman–Crippen MR) is 216 cm³/mol. The van der Waals surface area contributed by atoms with Gasteiger partial charge >= 0.3 is 21.4 Å². The highest BCUT2D eigenvalue weighted by Gasteiger charge is 2.47. The summed E-state index contributed by atoms with van der Waals surface area (Å²) in [6.45, 7) is 0. The third-order valence-electron chi connectivity index (χ3n) is 10.5. The van der Waals surface area contributed by atoms with Gasteiger partial charge < -0.3 is 27.0 Å². The van der Waals surface area contributed by atoms with Crippen molar-refractivity contribution >= 4 is 70.1 Å². The Morgan fingerprint density at radius 2 is 0.611 bits per heavy atom. The summed E-state index contributed by atoms with van der Waals surface area (Å²) in [5, 5.41) is 7.08. The Labute approximate surface area is 313 Å². The van der Waals surface area contributed by atoms with Gasteiger partial charge in [0.25, 0.3) is 0 Å². The molecule has 1 aliphatic heterocycles. The van der Waals surface area contributed by atoms with Gasteiger partial charge in [-0.05, 0) is 67.2 Å². The van der Waals surface area contributed by atoms with Crippen molar-refractivity contribution in [2.45, 2.75) is 19.3 Å². The quantitative estimate of drug-likeness (QED) is 0.141. The maximum absolute atomic E-state index is 6.76. The summed E-state index contributed by atoms with van der Waals surface area (Å²) in [5.74, 6) is 2.30. The topological polar surface area (TPSA) is 67.1 Å². The standard InChI is InChI=1S/C45H33B3O6/c1-4-19-37-31(10-1)13-7-16-34(37)28-43-40(22-25-49-43)46-52-47(41-23-26-50-44(41)29-35-17-8-14-32-11-2-5-20-38(32)35)54-48(53-46)42-24-27-51-45(42)30-36-18-9-15-33-12-3-6-21-39(33)36/h1-27H,28-30H2. The molecule has 1 fully saturated rings. The molecule has 6 nitrogen and oxygen atoms in total. The van der Waals surface area contributed by atoms with Crippen molar-refractivity contribution in [3.05, 3.63) is 198 Å². The van der Waals surface area contributed by atoms with Crippen molar-refractivity contribution < 1.29 is 27.0 Å². The number of furan rings is 3. The largest absolute Gasteiger partial charge is 0.470 e. The summed E-state index contributed by atoms with van der Waals surface area (Å²) in [7, 11) is -2.42. The minimum Gasteiger partial charge on any atom is -0.469 e. The summed E-state index contributed by atoms with van der Waals surface area (Å²) in [6, 6.07) is 50.1. The normalized spacial score (nSPS) is 13.4. The minimum atomic E-state index is -0.807. The van der Waals surface area contributed by atoms with E-state index >= 15 is 0 Å². The van der Waals surface area contributed by atoms with Gasteiger partial charge in [-0.3, -0.25) is 0 Å². The van der Waals surface area contributed by atoms with Gasteiger partial charge in [-0.25, -0.2) is 0 Å². The zero-order chi connectivity index (χ0) is 35.8. The SMILES string of the molecule is c1ccc2c(Cc3occc3B3OB(c4ccoc4Cc4cccc5ccccc45)OB(c4ccoc4Cc4cccc5ccccc45)O3)cccc2c1. The molecule has 0 spiro atoms. The lowest BCUT2D eigenvalue weighted by Gasteiger charge is -2.31. The molecule has 0 aliphatic carbocycles. The molecule has 9 heteroatoms. The molecule has 0 N–H and O–H groups in total. The van der Waals surface area contributed by atoms with Crippen molar-refractivity contribution in [2.75, 3.05) is 0 Å². The van der Waals surface area contributed by atoms with Crippen LogP contribution >= 0.6 is 0 Å². The third-order valence-corrected chi connectivity index (χ3v) is 10.5. The Kier molecular flexibility index (Phi) is 8.53. The van der Waals surface area contributed by atoms with E-state index in [2.05, 4.69) is 127 Å². The van der Waals surface area contributed by atoms with Crippen molar-refractivity contribution in [1.29, 1.82) is 0 Å². The Hall–Kier alpha value is -5.99. The Balaban J connectivity index is 1.02. The molecule has 1 aliphatic rings. The van der Waals surface area contributed by atoms with Crippen LogP contribution in [0.1, 0.15) is 34.0 Å². The van der Waals surface area contributed by atoms with Gasteiger partial charge in [-0.1, -0.05) is 127 Å². The lowest BCUT2D eigenvalue weighted by Crippen LogP contribution is -2.62. The molecule has 258 valence electrons. The minimum absolute atomic E-state index is 0.569.